The topological polar surface area (TPSA) is 90.6 Å². The first kappa shape index (κ1) is 19.7. The van der Waals surface area contributed by atoms with Crippen molar-refractivity contribution in [3.05, 3.63) is 78.6 Å². The van der Waals surface area contributed by atoms with Gasteiger partial charge in [0.1, 0.15) is 17.6 Å². The lowest BCUT2D eigenvalue weighted by Crippen LogP contribution is -2.56. The van der Waals surface area contributed by atoms with Crippen LogP contribution in [0.5, 0.6) is 11.5 Å². The van der Waals surface area contributed by atoms with Gasteiger partial charge in [-0.15, -0.1) is 0 Å². The van der Waals surface area contributed by atoms with Gasteiger partial charge in [-0.1, -0.05) is 11.2 Å². The quantitative estimate of drug-likeness (QED) is 0.462. The van der Waals surface area contributed by atoms with E-state index in [9.17, 15) is 4.79 Å². The highest BCUT2D eigenvalue weighted by molar-refractivity contribution is 5.95. The number of amides is 1. The smallest absolute Gasteiger partial charge is 0.258 e. The van der Waals surface area contributed by atoms with Crippen LogP contribution in [0.4, 0.5) is 0 Å². The molecule has 0 aliphatic carbocycles. The van der Waals surface area contributed by atoms with Crippen molar-refractivity contribution >= 4 is 5.91 Å². The number of pyridine rings is 1. The third kappa shape index (κ3) is 4.02. The number of carbonyl (C=O) groups is 1. The second-order valence-corrected chi connectivity index (χ2v) is 7.37. The van der Waals surface area contributed by atoms with Crippen molar-refractivity contribution in [2.45, 2.75) is 6.10 Å². The lowest BCUT2D eigenvalue weighted by Gasteiger charge is -2.39. The fourth-order valence-corrected chi connectivity index (χ4v) is 3.44. The van der Waals surface area contributed by atoms with E-state index in [0.29, 0.717) is 36.1 Å². The summed E-state index contributed by atoms with van der Waals surface area (Å²) in [6.45, 7) is 1.08. The molecule has 0 saturated carbocycles. The summed E-state index contributed by atoms with van der Waals surface area (Å²) in [7, 11) is 1.58. The molecule has 1 amide bonds. The van der Waals surface area contributed by atoms with Gasteiger partial charge in [0.15, 0.2) is 0 Å². The third-order valence-corrected chi connectivity index (χ3v) is 5.22. The normalized spacial score (nSPS) is 13.5. The van der Waals surface area contributed by atoms with Gasteiger partial charge >= 0.3 is 0 Å². The summed E-state index contributed by atoms with van der Waals surface area (Å²) in [6, 6.07) is 18.3. The Bertz CT molecular complexity index is 1220. The van der Waals surface area contributed by atoms with Crippen LogP contribution in [-0.4, -0.2) is 52.2 Å². The van der Waals surface area contributed by atoms with Crippen LogP contribution in [0.3, 0.4) is 0 Å². The minimum absolute atomic E-state index is 0.0267. The van der Waals surface area contributed by atoms with E-state index in [1.54, 1.807) is 36.5 Å². The number of aromatic nitrogens is 3. The van der Waals surface area contributed by atoms with Crippen molar-refractivity contribution in [1.82, 2.24) is 20.0 Å². The van der Waals surface area contributed by atoms with Gasteiger partial charge in [-0.3, -0.25) is 9.78 Å². The van der Waals surface area contributed by atoms with E-state index in [0.717, 1.165) is 16.9 Å². The van der Waals surface area contributed by atoms with E-state index in [-0.39, 0.29) is 12.0 Å². The van der Waals surface area contributed by atoms with Crippen LogP contribution < -0.4 is 9.47 Å². The molecule has 2 aromatic carbocycles. The van der Waals surface area contributed by atoms with Crippen LogP contribution >= 0.6 is 0 Å². The summed E-state index contributed by atoms with van der Waals surface area (Å²) in [4.78, 5) is 22.8. The second kappa shape index (κ2) is 8.50. The lowest BCUT2D eigenvalue weighted by atomic mass is 10.1. The second-order valence-electron chi connectivity index (χ2n) is 7.37. The molecule has 0 atom stereocenters. The van der Waals surface area contributed by atoms with Crippen molar-refractivity contribution in [3.63, 3.8) is 0 Å². The maximum Gasteiger partial charge on any atom is 0.258 e. The van der Waals surface area contributed by atoms with E-state index >= 15 is 0 Å². The van der Waals surface area contributed by atoms with Crippen molar-refractivity contribution in [2.24, 2.45) is 0 Å². The Hall–Kier alpha value is -4.20. The molecule has 5 rings (SSSR count). The van der Waals surface area contributed by atoms with Crippen LogP contribution in [-0.2, 0) is 0 Å². The Morgan fingerprint density at radius 3 is 2.53 bits per heavy atom. The van der Waals surface area contributed by atoms with Gasteiger partial charge in [-0.25, -0.2) is 0 Å². The predicted octanol–water partition coefficient (Wildman–Crippen LogP) is 3.71. The van der Waals surface area contributed by atoms with Crippen molar-refractivity contribution in [1.29, 1.82) is 0 Å². The summed E-state index contributed by atoms with van der Waals surface area (Å²) >= 11 is 0. The van der Waals surface area contributed by atoms with E-state index in [2.05, 4.69) is 15.1 Å². The van der Waals surface area contributed by atoms with Gasteiger partial charge in [0, 0.05) is 29.1 Å². The Balaban J connectivity index is 1.18. The molecule has 1 aliphatic rings. The average Bonchev–Trinajstić information content (AvgIpc) is 3.32. The standard InChI is InChI=1S/C24H20N4O4/c1-30-20-4-2-3-18(13-20)24(29)28-14-21(15-28)31-19-7-5-16(6-8-19)22-26-23(32-27-22)17-9-11-25-12-10-17/h2-13,21H,14-15H2,1H3. The van der Waals surface area contributed by atoms with Crippen LogP contribution in [0.2, 0.25) is 0 Å². The lowest BCUT2D eigenvalue weighted by molar-refractivity contribution is 0.0178. The van der Waals surface area contributed by atoms with Crippen molar-refractivity contribution in [2.75, 3.05) is 20.2 Å². The Morgan fingerprint density at radius 1 is 1.00 bits per heavy atom. The van der Waals surface area contributed by atoms with E-state index in [4.69, 9.17) is 14.0 Å². The first-order valence-corrected chi connectivity index (χ1v) is 10.1. The molecule has 1 fully saturated rings. The molecule has 2 aromatic heterocycles. The number of hydrogen-bond acceptors (Lipinski definition) is 7. The zero-order chi connectivity index (χ0) is 21.9. The third-order valence-electron chi connectivity index (χ3n) is 5.22. The van der Waals surface area contributed by atoms with Crippen molar-refractivity contribution in [3.8, 4) is 34.3 Å². The summed E-state index contributed by atoms with van der Waals surface area (Å²) in [6.07, 6.45) is 3.31. The first-order valence-electron chi connectivity index (χ1n) is 10.1. The number of rotatable bonds is 6. The van der Waals surface area contributed by atoms with Gasteiger partial charge in [0.2, 0.25) is 5.82 Å². The highest BCUT2D eigenvalue weighted by Crippen LogP contribution is 2.26. The number of likely N-dealkylation sites (tertiary alicyclic amines) is 1. The highest BCUT2D eigenvalue weighted by Gasteiger charge is 2.33. The van der Waals surface area contributed by atoms with E-state index in [1.807, 2.05) is 48.5 Å². The zero-order valence-electron chi connectivity index (χ0n) is 17.3. The Morgan fingerprint density at radius 2 is 1.78 bits per heavy atom. The number of methoxy groups -OCH3 is 1. The molecule has 4 aromatic rings. The van der Waals surface area contributed by atoms with E-state index < -0.39 is 0 Å². The summed E-state index contributed by atoms with van der Waals surface area (Å²) in [5, 5.41) is 4.05. The molecule has 160 valence electrons. The molecule has 0 bridgehead atoms. The van der Waals surface area contributed by atoms with Gasteiger partial charge in [0.05, 0.1) is 20.2 Å². The molecule has 1 saturated heterocycles. The zero-order valence-corrected chi connectivity index (χ0v) is 17.3. The van der Waals surface area contributed by atoms with Crippen LogP contribution in [0, 0.1) is 0 Å². The monoisotopic (exact) mass is 428 g/mol. The van der Waals surface area contributed by atoms with Crippen molar-refractivity contribution < 1.29 is 18.8 Å². The maximum absolute atomic E-state index is 12.6. The fourth-order valence-electron chi connectivity index (χ4n) is 3.44. The summed E-state index contributed by atoms with van der Waals surface area (Å²) in [5.41, 5.74) is 2.25. The molecule has 0 unspecified atom stereocenters. The van der Waals surface area contributed by atoms with E-state index in [1.165, 1.54) is 0 Å². The van der Waals surface area contributed by atoms with Gasteiger partial charge in [0.25, 0.3) is 11.8 Å². The molecule has 8 heteroatoms. The molecule has 1 aliphatic heterocycles. The summed E-state index contributed by atoms with van der Waals surface area (Å²) < 4.78 is 16.5. The number of hydrogen-bond donors (Lipinski definition) is 0. The van der Waals surface area contributed by atoms with Gasteiger partial charge in [-0.2, -0.15) is 4.98 Å². The molecular weight excluding hydrogens is 408 g/mol. The number of benzene rings is 2. The highest BCUT2D eigenvalue weighted by atomic mass is 16.5. The Labute approximate surface area is 184 Å². The number of nitrogens with zero attached hydrogens (tertiary/aromatic N) is 4. The minimum atomic E-state index is -0.0427. The number of carbonyl (C=O) groups excluding carboxylic acids is 1. The predicted molar refractivity (Wildman–Crippen MR) is 116 cm³/mol. The maximum atomic E-state index is 12.6. The average molecular weight is 428 g/mol. The molecule has 32 heavy (non-hydrogen) atoms. The summed E-state index contributed by atoms with van der Waals surface area (Å²) in [5.74, 6) is 2.31. The fraction of sp³-hybridized carbons (Fsp3) is 0.167. The molecular formula is C24H20N4O4. The van der Waals surface area contributed by atoms with Crippen LogP contribution in [0.1, 0.15) is 10.4 Å². The molecule has 0 N–H and O–H groups in total. The largest absolute Gasteiger partial charge is 0.497 e. The molecule has 0 spiro atoms. The molecule has 3 heterocycles. The number of ether oxygens (including phenoxy) is 2. The molecule has 8 nitrogen and oxygen atoms in total. The molecule has 0 radical (unpaired) electrons. The minimum Gasteiger partial charge on any atom is -0.497 e. The van der Waals surface area contributed by atoms with Crippen LogP contribution in [0.15, 0.2) is 77.6 Å². The SMILES string of the molecule is COc1cccc(C(=O)N2CC(Oc3ccc(-c4noc(-c5ccncc5)n4)cc3)C2)c1. The first-order chi connectivity index (χ1) is 15.7. The van der Waals surface area contributed by atoms with Gasteiger partial charge < -0.3 is 18.9 Å². The van der Waals surface area contributed by atoms with Crippen LogP contribution in [0.25, 0.3) is 22.8 Å². The van der Waals surface area contributed by atoms with Gasteiger partial charge in [-0.05, 0) is 54.6 Å². The Kier molecular flexibility index (Phi) is 5.25.